The number of alkyl halides is 2. The van der Waals surface area contributed by atoms with Crippen LogP contribution >= 0.6 is 0 Å². The van der Waals surface area contributed by atoms with E-state index < -0.39 is 42.2 Å². The van der Waals surface area contributed by atoms with E-state index in [1.54, 1.807) is 36.4 Å². The molecule has 5 aromatic rings. The van der Waals surface area contributed by atoms with Crippen LogP contribution in [0.15, 0.2) is 85.2 Å². The average molecular weight is 647 g/mol. The number of hydrogen-bond acceptors (Lipinski definition) is 10. The Morgan fingerprint density at radius 2 is 1.70 bits per heavy atom. The summed E-state index contributed by atoms with van der Waals surface area (Å²) in [6.07, 6.45) is -5.59. The summed E-state index contributed by atoms with van der Waals surface area (Å²) in [4.78, 5) is 13.5. The van der Waals surface area contributed by atoms with Crippen LogP contribution in [0.1, 0.15) is 35.4 Å². The average Bonchev–Trinajstić information content (AvgIpc) is 3.69. The maximum atomic E-state index is 15.1. The van der Waals surface area contributed by atoms with E-state index >= 15 is 8.78 Å². The van der Waals surface area contributed by atoms with Gasteiger partial charge in [0, 0.05) is 5.56 Å². The fourth-order valence-electron chi connectivity index (χ4n) is 6.34. The van der Waals surface area contributed by atoms with E-state index in [-0.39, 0.29) is 36.5 Å². The van der Waals surface area contributed by atoms with Crippen molar-refractivity contribution < 1.29 is 43.4 Å². The van der Waals surface area contributed by atoms with Gasteiger partial charge in [0.25, 0.3) is 0 Å². The summed E-state index contributed by atoms with van der Waals surface area (Å²) in [5.74, 6) is -2.77. The maximum Gasteiger partial charge on any atom is 0.309 e. The van der Waals surface area contributed by atoms with Crippen LogP contribution < -0.4 is 9.47 Å². The van der Waals surface area contributed by atoms with Gasteiger partial charge in [-0.05, 0) is 41.7 Å². The van der Waals surface area contributed by atoms with Crippen molar-refractivity contribution in [2.75, 3.05) is 13.7 Å². The number of halogens is 2. The van der Waals surface area contributed by atoms with Crippen LogP contribution in [0.4, 0.5) is 8.78 Å². The van der Waals surface area contributed by atoms with Crippen molar-refractivity contribution in [1.29, 1.82) is 0 Å². The summed E-state index contributed by atoms with van der Waals surface area (Å²) in [5.41, 5.74) is -0.463. The molecule has 0 spiro atoms. The molecule has 1 aliphatic heterocycles. The number of aliphatic hydroxyl groups is 4. The summed E-state index contributed by atoms with van der Waals surface area (Å²) in [5, 5.41) is 43.2. The number of benzene rings is 3. The summed E-state index contributed by atoms with van der Waals surface area (Å²) >= 11 is 0. The van der Waals surface area contributed by atoms with Crippen molar-refractivity contribution in [2.45, 2.75) is 55.0 Å². The predicted molar refractivity (Wildman–Crippen MR) is 164 cm³/mol. The van der Waals surface area contributed by atoms with Crippen LogP contribution in [-0.2, 0) is 16.8 Å². The molecule has 0 bridgehead atoms. The highest BCUT2D eigenvalue weighted by Crippen LogP contribution is 2.56. The van der Waals surface area contributed by atoms with Gasteiger partial charge in [0.1, 0.15) is 36.8 Å². The Kier molecular flexibility index (Phi) is 7.89. The number of hydrogen-bond donors (Lipinski definition) is 4. The van der Waals surface area contributed by atoms with Crippen LogP contribution in [-0.4, -0.2) is 77.9 Å². The van der Waals surface area contributed by atoms with E-state index in [0.717, 1.165) is 5.56 Å². The Hall–Kier alpha value is -4.53. The van der Waals surface area contributed by atoms with E-state index in [4.69, 9.17) is 14.2 Å². The Morgan fingerprint density at radius 3 is 2.49 bits per heavy atom. The first-order valence-electron chi connectivity index (χ1n) is 15.1. The number of rotatable bonds is 9. The zero-order valence-electron chi connectivity index (χ0n) is 25.1. The van der Waals surface area contributed by atoms with E-state index in [0.29, 0.717) is 28.3 Å². The van der Waals surface area contributed by atoms with Gasteiger partial charge in [0.2, 0.25) is 5.88 Å². The second-order valence-electron chi connectivity index (χ2n) is 11.7. The monoisotopic (exact) mass is 646 g/mol. The zero-order valence-corrected chi connectivity index (χ0v) is 25.1. The van der Waals surface area contributed by atoms with Gasteiger partial charge in [-0.2, -0.15) is 13.8 Å². The molecule has 0 unspecified atom stereocenters. The second kappa shape index (κ2) is 11.9. The van der Waals surface area contributed by atoms with E-state index in [1.165, 1.54) is 30.1 Å². The second-order valence-corrected chi connectivity index (χ2v) is 11.7. The van der Waals surface area contributed by atoms with Crippen molar-refractivity contribution in [1.82, 2.24) is 19.5 Å². The highest BCUT2D eigenvalue weighted by Gasteiger charge is 2.64. The summed E-state index contributed by atoms with van der Waals surface area (Å²) in [7, 11) is 1.47. The van der Waals surface area contributed by atoms with Crippen molar-refractivity contribution in [3.8, 4) is 23.0 Å². The predicted octanol–water partition coefficient (Wildman–Crippen LogP) is 3.70. The number of aromatic nitrogens is 4. The third-order valence-corrected chi connectivity index (χ3v) is 8.91. The molecule has 2 aromatic heterocycles. The van der Waals surface area contributed by atoms with Gasteiger partial charge in [-0.15, -0.1) is 0 Å². The van der Waals surface area contributed by atoms with Gasteiger partial charge < -0.3 is 34.6 Å². The zero-order chi connectivity index (χ0) is 32.9. The molecule has 13 heteroatoms. The minimum atomic E-state index is -3.76. The largest absolute Gasteiger partial charge is 0.491 e. The molecule has 244 valence electrons. The standard InChI is InChI=1S/C34H32F2N4O7/c1-45-31-25-30(38-29(39-31)20-9-3-2-4-10-20)40(18-37-25)32-27(42)26(41)24(47-32)17-46-21-11-7-8-19(16-21)14-15-33(44)23-13-6-5-12-22(23)28(43)34(33,35)36/h2-13,16,18,24,26-28,32,41-44H,14-15,17H2,1H3/t24-,26-,27-,28+,32-,33+/m1/s1. The lowest BCUT2D eigenvalue weighted by molar-refractivity contribution is -0.226. The lowest BCUT2D eigenvalue weighted by atomic mass is 9.86. The number of ether oxygens (including phenoxy) is 3. The van der Waals surface area contributed by atoms with Gasteiger partial charge in [-0.3, -0.25) is 4.57 Å². The molecule has 3 heterocycles. The molecule has 0 radical (unpaired) electrons. The normalized spacial score (nSPS) is 26.4. The molecule has 0 saturated carbocycles. The SMILES string of the molecule is COc1nc(-c2ccccc2)nc2c1ncn2[C@@H]1O[C@H](COc2cccc(CC[C@]3(O)c4ccccc4[C@H](O)C3(F)F)c2)[C@@H](O)[C@H]1O. The smallest absolute Gasteiger partial charge is 0.309 e. The number of fused-ring (bicyclic) bond motifs is 2. The molecule has 11 nitrogen and oxygen atoms in total. The third kappa shape index (κ3) is 5.20. The quantitative estimate of drug-likeness (QED) is 0.187. The van der Waals surface area contributed by atoms with E-state index in [2.05, 4.69) is 15.0 Å². The fraction of sp³-hybridized carbons (Fsp3) is 0.324. The summed E-state index contributed by atoms with van der Waals surface area (Å²) < 4.78 is 49.1. The van der Waals surface area contributed by atoms with Crippen molar-refractivity contribution in [2.24, 2.45) is 0 Å². The minimum Gasteiger partial charge on any atom is -0.491 e. The first-order valence-corrected chi connectivity index (χ1v) is 15.1. The lowest BCUT2D eigenvalue weighted by Gasteiger charge is -2.32. The minimum absolute atomic E-state index is 0.0113. The van der Waals surface area contributed by atoms with Crippen LogP contribution in [0.25, 0.3) is 22.6 Å². The molecule has 6 atom stereocenters. The third-order valence-electron chi connectivity index (χ3n) is 8.91. The lowest BCUT2D eigenvalue weighted by Crippen LogP contribution is -2.44. The highest BCUT2D eigenvalue weighted by atomic mass is 19.3. The first kappa shape index (κ1) is 31.1. The van der Waals surface area contributed by atoms with Gasteiger partial charge in [0.15, 0.2) is 28.8 Å². The van der Waals surface area contributed by atoms with Crippen LogP contribution in [0.2, 0.25) is 0 Å². The van der Waals surface area contributed by atoms with Gasteiger partial charge in [-0.1, -0.05) is 66.7 Å². The molecule has 1 saturated heterocycles. The number of nitrogens with zero attached hydrogens (tertiary/aromatic N) is 4. The van der Waals surface area contributed by atoms with Crippen LogP contribution in [0.5, 0.6) is 11.6 Å². The molecule has 1 aliphatic carbocycles. The number of aryl methyl sites for hydroxylation is 1. The molecule has 47 heavy (non-hydrogen) atoms. The van der Waals surface area contributed by atoms with Crippen molar-refractivity contribution in [3.05, 3.63) is 102 Å². The van der Waals surface area contributed by atoms with E-state index in [1.807, 2.05) is 30.3 Å². The van der Waals surface area contributed by atoms with Gasteiger partial charge >= 0.3 is 5.92 Å². The Balaban J connectivity index is 1.05. The highest BCUT2D eigenvalue weighted by molar-refractivity contribution is 5.79. The molecular formula is C34H32F2N4O7. The van der Waals surface area contributed by atoms with Crippen LogP contribution in [0.3, 0.4) is 0 Å². The first-order chi connectivity index (χ1) is 22.6. The molecule has 1 fully saturated rings. The molecule has 4 N–H and O–H groups in total. The number of imidazole rings is 1. The van der Waals surface area contributed by atoms with Crippen molar-refractivity contribution >= 4 is 11.2 Å². The topological polar surface area (TPSA) is 152 Å². The van der Waals surface area contributed by atoms with Gasteiger partial charge in [-0.25, -0.2) is 9.97 Å². The maximum absolute atomic E-state index is 15.1. The Morgan fingerprint density at radius 1 is 0.936 bits per heavy atom. The summed E-state index contributed by atoms with van der Waals surface area (Å²) in [6.45, 7) is -0.139. The Labute approximate surface area is 267 Å². The van der Waals surface area contributed by atoms with Gasteiger partial charge in [0.05, 0.1) is 13.4 Å². The molecule has 0 amide bonds. The van der Waals surface area contributed by atoms with Crippen LogP contribution in [0, 0.1) is 0 Å². The number of aliphatic hydroxyl groups excluding tert-OH is 3. The molecule has 2 aliphatic rings. The van der Waals surface area contributed by atoms with E-state index in [9.17, 15) is 20.4 Å². The summed E-state index contributed by atoms with van der Waals surface area (Å²) in [6, 6.07) is 21.9. The van der Waals surface area contributed by atoms with Crippen molar-refractivity contribution in [3.63, 3.8) is 0 Å². The molecule has 7 rings (SSSR count). The molecular weight excluding hydrogens is 614 g/mol. The fourth-order valence-corrected chi connectivity index (χ4v) is 6.34. The molecule has 3 aromatic carbocycles. The number of methoxy groups -OCH3 is 1. The Bertz CT molecular complexity index is 1910.